The molecule has 0 atom stereocenters. The number of aromatic nitrogens is 3. The van der Waals surface area contributed by atoms with Crippen molar-refractivity contribution in [3.63, 3.8) is 0 Å². The van der Waals surface area contributed by atoms with Crippen LogP contribution in [0.25, 0.3) is 11.4 Å². The van der Waals surface area contributed by atoms with Crippen LogP contribution >= 0.6 is 0 Å². The molecule has 77 valence electrons. The van der Waals surface area contributed by atoms with Crippen LogP contribution in [-0.2, 0) is 0 Å². The lowest BCUT2D eigenvalue weighted by Gasteiger charge is -2.04. The first-order valence-electron chi connectivity index (χ1n) is 4.09. The smallest absolute Gasteiger partial charge is 0.387 e. The van der Waals surface area contributed by atoms with Crippen molar-refractivity contribution in [3.05, 3.63) is 30.6 Å². The zero-order chi connectivity index (χ0) is 10.7. The molecule has 15 heavy (non-hydrogen) atoms. The summed E-state index contributed by atoms with van der Waals surface area (Å²) >= 11 is 0. The van der Waals surface area contributed by atoms with Gasteiger partial charge in [0.05, 0.1) is 0 Å². The van der Waals surface area contributed by atoms with E-state index < -0.39 is 6.61 Å². The lowest BCUT2D eigenvalue weighted by atomic mass is 10.2. The molecule has 2 aromatic rings. The zero-order valence-electron chi connectivity index (χ0n) is 7.45. The van der Waals surface area contributed by atoms with Crippen LogP contribution in [0.5, 0.6) is 5.75 Å². The van der Waals surface area contributed by atoms with E-state index in [2.05, 4.69) is 26.2 Å². The van der Waals surface area contributed by atoms with Gasteiger partial charge in [0.15, 0.2) is 5.82 Å². The summed E-state index contributed by atoms with van der Waals surface area (Å²) in [7, 11) is 0. The largest absolute Gasteiger partial charge is 0.435 e. The minimum atomic E-state index is -2.83. The Labute approximate surface area is 83.9 Å². The van der Waals surface area contributed by atoms with E-state index in [9.17, 15) is 8.78 Å². The Morgan fingerprint density at radius 1 is 1.40 bits per heavy atom. The molecule has 1 aromatic carbocycles. The number of hydrogen-bond donors (Lipinski definition) is 1. The molecule has 0 aliphatic rings. The Morgan fingerprint density at radius 2 is 2.27 bits per heavy atom. The van der Waals surface area contributed by atoms with Gasteiger partial charge in [-0.05, 0) is 12.1 Å². The molecule has 1 N–H and O–H groups in total. The Bertz CT molecular complexity index is 431. The van der Waals surface area contributed by atoms with Crippen molar-refractivity contribution in [2.75, 3.05) is 0 Å². The van der Waals surface area contributed by atoms with E-state index in [0.29, 0.717) is 11.4 Å². The van der Waals surface area contributed by atoms with Gasteiger partial charge >= 0.3 is 6.61 Å². The van der Waals surface area contributed by atoms with Gasteiger partial charge in [0.2, 0.25) is 6.33 Å². The topological polar surface area (TPSA) is 50.8 Å². The molecule has 0 saturated carbocycles. The van der Waals surface area contributed by atoms with E-state index in [-0.39, 0.29) is 5.75 Å². The van der Waals surface area contributed by atoms with Crippen LogP contribution < -0.4 is 4.74 Å². The molecule has 0 unspecified atom stereocenters. The number of H-pyrrole nitrogens is 1. The number of nitrogens with one attached hydrogen (secondary N) is 1. The summed E-state index contributed by atoms with van der Waals surface area (Å²) in [6, 6.07) is 6.18. The molecule has 0 aliphatic carbocycles. The molecule has 1 heterocycles. The number of alkyl halides is 2. The molecular formula is C9H6F2N3O. The van der Waals surface area contributed by atoms with Crippen molar-refractivity contribution in [3.8, 4) is 17.1 Å². The monoisotopic (exact) mass is 210 g/mol. The van der Waals surface area contributed by atoms with Crippen LogP contribution in [0.4, 0.5) is 8.78 Å². The van der Waals surface area contributed by atoms with Gasteiger partial charge in [0.1, 0.15) is 5.75 Å². The Morgan fingerprint density at radius 3 is 2.93 bits per heavy atom. The van der Waals surface area contributed by atoms with Crippen LogP contribution in [0.15, 0.2) is 24.3 Å². The molecular weight excluding hydrogens is 204 g/mol. The van der Waals surface area contributed by atoms with Crippen LogP contribution in [-0.4, -0.2) is 21.8 Å². The number of aromatic amines is 1. The van der Waals surface area contributed by atoms with Gasteiger partial charge in [0, 0.05) is 5.56 Å². The van der Waals surface area contributed by atoms with Gasteiger partial charge in [-0.1, -0.05) is 12.1 Å². The predicted octanol–water partition coefficient (Wildman–Crippen LogP) is 1.87. The molecule has 1 aromatic heterocycles. The summed E-state index contributed by atoms with van der Waals surface area (Å²) in [5.41, 5.74) is 0.613. The van der Waals surface area contributed by atoms with E-state index in [1.54, 1.807) is 12.1 Å². The molecule has 2 rings (SSSR count). The van der Waals surface area contributed by atoms with Crippen LogP contribution in [0.1, 0.15) is 0 Å². The van der Waals surface area contributed by atoms with Crippen molar-refractivity contribution in [2.45, 2.75) is 6.61 Å². The van der Waals surface area contributed by atoms with E-state index >= 15 is 0 Å². The first kappa shape index (κ1) is 9.57. The van der Waals surface area contributed by atoms with Gasteiger partial charge in [-0.3, -0.25) is 5.10 Å². The third-order valence-corrected chi connectivity index (χ3v) is 1.71. The summed E-state index contributed by atoms with van der Waals surface area (Å²) in [6.07, 6.45) is 2.34. The van der Waals surface area contributed by atoms with Gasteiger partial charge in [-0.2, -0.15) is 8.78 Å². The highest BCUT2D eigenvalue weighted by molar-refractivity contribution is 5.56. The van der Waals surface area contributed by atoms with E-state index in [0.717, 1.165) is 0 Å². The van der Waals surface area contributed by atoms with Crippen LogP contribution in [0, 0.1) is 6.33 Å². The van der Waals surface area contributed by atoms with Crippen LogP contribution in [0.2, 0.25) is 0 Å². The number of hydrogen-bond acceptors (Lipinski definition) is 3. The number of rotatable bonds is 3. The Balaban J connectivity index is 2.27. The molecule has 0 amide bonds. The van der Waals surface area contributed by atoms with Crippen molar-refractivity contribution in [1.29, 1.82) is 0 Å². The lowest BCUT2D eigenvalue weighted by molar-refractivity contribution is -0.0498. The van der Waals surface area contributed by atoms with Crippen molar-refractivity contribution >= 4 is 0 Å². The second-order valence-electron chi connectivity index (χ2n) is 2.69. The number of nitrogens with zero attached hydrogens (tertiary/aromatic N) is 2. The fraction of sp³-hybridized carbons (Fsp3) is 0.111. The summed E-state index contributed by atoms with van der Waals surface area (Å²) in [5, 5.41) is 6.11. The SMILES string of the molecule is FC(F)Oc1cccc(-c2n[c]n[nH]2)c1. The first-order chi connectivity index (χ1) is 7.25. The fourth-order valence-electron chi connectivity index (χ4n) is 1.13. The molecule has 0 fully saturated rings. The summed E-state index contributed by atoms with van der Waals surface area (Å²) < 4.78 is 28.1. The van der Waals surface area contributed by atoms with Crippen molar-refractivity contribution in [2.24, 2.45) is 0 Å². The Hall–Kier alpha value is -1.98. The minimum Gasteiger partial charge on any atom is -0.435 e. The highest BCUT2D eigenvalue weighted by Crippen LogP contribution is 2.21. The maximum absolute atomic E-state index is 11.9. The second kappa shape index (κ2) is 4.04. The average Bonchev–Trinajstić information content (AvgIpc) is 2.69. The standard InChI is InChI=1S/C9H6F2N3O/c10-9(11)15-7-3-1-2-6(4-7)8-12-5-13-14-8/h1-4,9H,(H,12,13,14). The van der Waals surface area contributed by atoms with E-state index in [1.807, 2.05) is 0 Å². The number of benzene rings is 1. The maximum atomic E-state index is 11.9. The molecule has 0 bridgehead atoms. The third-order valence-electron chi connectivity index (χ3n) is 1.71. The molecule has 6 heteroatoms. The number of ether oxygens (including phenoxy) is 1. The summed E-state index contributed by atoms with van der Waals surface area (Å²) in [5.74, 6) is 0.536. The number of halogens is 2. The normalized spacial score (nSPS) is 10.6. The first-order valence-corrected chi connectivity index (χ1v) is 4.09. The Kier molecular flexibility index (Phi) is 2.57. The van der Waals surface area contributed by atoms with Gasteiger partial charge in [-0.15, -0.1) is 5.10 Å². The fourth-order valence-corrected chi connectivity index (χ4v) is 1.13. The van der Waals surface area contributed by atoms with Crippen LogP contribution in [0.3, 0.4) is 0 Å². The molecule has 0 spiro atoms. The van der Waals surface area contributed by atoms with Gasteiger partial charge in [0.25, 0.3) is 0 Å². The third kappa shape index (κ3) is 2.28. The second-order valence-corrected chi connectivity index (χ2v) is 2.69. The van der Waals surface area contributed by atoms with Gasteiger partial charge < -0.3 is 4.74 Å². The average molecular weight is 210 g/mol. The van der Waals surface area contributed by atoms with E-state index in [1.165, 1.54) is 12.1 Å². The summed E-state index contributed by atoms with van der Waals surface area (Å²) in [6.45, 7) is -2.83. The molecule has 1 radical (unpaired) electrons. The minimum absolute atomic E-state index is 0.0823. The quantitative estimate of drug-likeness (QED) is 0.841. The van der Waals surface area contributed by atoms with Gasteiger partial charge in [-0.25, -0.2) is 4.98 Å². The molecule has 0 aliphatic heterocycles. The van der Waals surface area contributed by atoms with E-state index in [4.69, 9.17) is 0 Å². The highest BCUT2D eigenvalue weighted by Gasteiger charge is 2.06. The maximum Gasteiger partial charge on any atom is 0.387 e. The van der Waals surface area contributed by atoms with Crippen molar-refractivity contribution < 1.29 is 13.5 Å². The zero-order valence-corrected chi connectivity index (χ0v) is 7.45. The summed E-state index contributed by atoms with van der Waals surface area (Å²) in [4.78, 5) is 3.77. The molecule has 4 nitrogen and oxygen atoms in total. The molecule has 0 saturated heterocycles. The van der Waals surface area contributed by atoms with Crippen molar-refractivity contribution in [1.82, 2.24) is 15.2 Å². The lowest BCUT2D eigenvalue weighted by Crippen LogP contribution is -2.01. The predicted molar refractivity (Wildman–Crippen MR) is 47.3 cm³/mol. The highest BCUT2D eigenvalue weighted by atomic mass is 19.3.